The van der Waals surface area contributed by atoms with Gasteiger partial charge in [0.25, 0.3) is 0 Å². The fraction of sp³-hybridized carbons (Fsp3) is 0.200. The molecule has 0 aromatic heterocycles. The molecular formula is C15H14Cl2O3. The Hall–Kier alpha value is -1.42. The third-order valence-electron chi connectivity index (χ3n) is 2.94. The van der Waals surface area contributed by atoms with Crippen LogP contribution in [0.4, 0.5) is 0 Å². The number of aliphatic hydroxyl groups excluding tert-OH is 1. The summed E-state index contributed by atoms with van der Waals surface area (Å²) >= 11 is 12.1. The van der Waals surface area contributed by atoms with E-state index in [0.717, 1.165) is 0 Å². The van der Waals surface area contributed by atoms with E-state index in [0.29, 0.717) is 32.7 Å². The molecule has 0 saturated carbocycles. The number of rotatable bonds is 4. The summed E-state index contributed by atoms with van der Waals surface area (Å²) in [5.74, 6) is 1.19. The molecule has 0 bridgehead atoms. The molecule has 0 amide bonds. The van der Waals surface area contributed by atoms with Gasteiger partial charge in [0.1, 0.15) is 17.6 Å². The number of aliphatic hydroxyl groups is 1. The number of hydrogen-bond acceptors (Lipinski definition) is 3. The SMILES string of the molecule is COc1cc(OC)cc(C(O)c2cc(Cl)ccc2Cl)c1. The van der Waals surface area contributed by atoms with Crippen molar-refractivity contribution in [2.75, 3.05) is 14.2 Å². The second-order valence-corrected chi connectivity index (χ2v) is 5.06. The highest BCUT2D eigenvalue weighted by atomic mass is 35.5. The lowest BCUT2D eigenvalue weighted by Crippen LogP contribution is -2.02. The Balaban J connectivity index is 2.46. The second kappa shape index (κ2) is 6.35. The Morgan fingerprint density at radius 1 is 0.950 bits per heavy atom. The fourth-order valence-corrected chi connectivity index (χ4v) is 2.29. The van der Waals surface area contributed by atoms with Crippen molar-refractivity contribution < 1.29 is 14.6 Å². The summed E-state index contributed by atoms with van der Waals surface area (Å²) in [5, 5.41) is 11.4. The smallest absolute Gasteiger partial charge is 0.122 e. The van der Waals surface area contributed by atoms with Gasteiger partial charge in [0.05, 0.1) is 14.2 Å². The van der Waals surface area contributed by atoms with E-state index in [1.165, 1.54) is 0 Å². The maximum atomic E-state index is 10.5. The molecule has 0 aliphatic heterocycles. The van der Waals surface area contributed by atoms with Crippen LogP contribution >= 0.6 is 23.2 Å². The average Bonchev–Trinajstić information content (AvgIpc) is 2.48. The van der Waals surface area contributed by atoms with Crippen molar-refractivity contribution in [3.63, 3.8) is 0 Å². The first kappa shape index (κ1) is 15.0. The van der Waals surface area contributed by atoms with Crippen molar-refractivity contribution in [3.05, 3.63) is 57.6 Å². The zero-order chi connectivity index (χ0) is 14.7. The van der Waals surface area contributed by atoms with Crippen LogP contribution in [0, 0.1) is 0 Å². The Labute approximate surface area is 127 Å². The van der Waals surface area contributed by atoms with Crippen molar-refractivity contribution in [2.24, 2.45) is 0 Å². The molecule has 0 fully saturated rings. The lowest BCUT2D eigenvalue weighted by atomic mass is 10.0. The summed E-state index contributed by atoms with van der Waals surface area (Å²) in [4.78, 5) is 0. The topological polar surface area (TPSA) is 38.7 Å². The van der Waals surface area contributed by atoms with Crippen LogP contribution in [0.3, 0.4) is 0 Å². The molecule has 2 aromatic carbocycles. The average molecular weight is 313 g/mol. The Kier molecular flexibility index (Phi) is 4.76. The van der Waals surface area contributed by atoms with Gasteiger partial charge in [-0.25, -0.2) is 0 Å². The predicted molar refractivity (Wildman–Crippen MR) is 80.1 cm³/mol. The molecule has 0 spiro atoms. The molecule has 0 radical (unpaired) electrons. The highest BCUT2D eigenvalue weighted by molar-refractivity contribution is 6.33. The van der Waals surface area contributed by atoms with Crippen LogP contribution < -0.4 is 9.47 Å². The zero-order valence-electron chi connectivity index (χ0n) is 11.1. The van der Waals surface area contributed by atoms with Gasteiger partial charge in [0.2, 0.25) is 0 Å². The fourth-order valence-electron chi connectivity index (χ4n) is 1.89. The first-order valence-electron chi connectivity index (χ1n) is 5.91. The van der Waals surface area contributed by atoms with Crippen molar-refractivity contribution in [2.45, 2.75) is 6.10 Å². The van der Waals surface area contributed by atoms with Gasteiger partial charge in [-0.2, -0.15) is 0 Å². The molecule has 2 rings (SSSR count). The van der Waals surface area contributed by atoms with Gasteiger partial charge in [-0.1, -0.05) is 23.2 Å². The van der Waals surface area contributed by atoms with Gasteiger partial charge in [-0.3, -0.25) is 0 Å². The molecule has 1 atom stereocenters. The molecular weight excluding hydrogens is 299 g/mol. The molecule has 1 unspecified atom stereocenters. The van der Waals surface area contributed by atoms with E-state index in [1.54, 1.807) is 50.6 Å². The van der Waals surface area contributed by atoms with Crippen LogP contribution in [0.2, 0.25) is 10.0 Å². The normalized spacial score (nSPS) is 12.1. The van der Waals surface area contributed by atoms with E-state index < -0.39 is 6.10 Å². The van der Waals surface area contributed by atoms with Crippen LogP contribution in [-0.2, 0) is 0 Å². The predicted octanol–water partition coefficient (Wildman–Crippen LogP) is 4.09. The van der Waals surface area contributed by atoms with Gasteiger partial charge in [-0.05, 0) is 35.9 Å². The summed E-state index contributed by atoms with van der Waals surface area (Å²) in [6, 6.07) is 10.2. The number of benzene rings is 2. The van der Waals surface area contributed by atoms with E-state index in [1.807, 2.05) is 0 Å². The first-order valence-corrected chi connectivity index (χ1v) is 6.66. The highest BCUT2D eigenvalue weighted by Crippen LogP contribution is 2.34. The first-order chi connectivity index (χ1) is 9.55. The van der Waals surface area contributed by atoms with Gasteiger partial charge in [0.15, 0.2) is 0 Å². The number of ether oxygens (including phenoxy) is 2. The Morgan fingerprint density at radius 2 is 1.55 bits per heavy atom. The van der Waals surface area contributed by atoms with Crippen molar-refractivity contribution in [3.8, 4) is 11.5 Å². The molecule has 2 aromatic rings. The Morgan fingerprint density at radius 3 is 2.10 bits per heavy atom. The molecule has 3 nitrogen and oxygen atoms in total. The number of halogens is 2. The molecule has 1 N–H and O–H groups in total. The zero-order valence-corrected chi connectivity index (χ0v) is 12.6. The van der Waals surface area contributed by atoms with Crippen LogP contribution in [-0.4, -0.2) is 19.3 Å². The van der Waals surface area contributed by atoms with Crippen molar-refractivity contribution >= 4 is 23.2 Å². The molecule has 0 saturated heterocycles. The molecule has 5 heteroatoms. The summed E-state index contributed by atoms with van der Waals surface area (Å²) in [6.45, 7) is 0. The Bertz CT molecular complexity index is 592. The van der Waals surface area contributed by atoms with E-state index in [4.69, 9.17) is 32.7 Å². The maximum absolute atomic E-state index is 10.5. The lowest BCUT2D eigenvalue weighted by molar-refractivity contribution is 0.219. The van der Waals surface area contributed by atoms with Gasteiger partial charge in [0, 0.05) is 21.7 Å². The minimum atomic E-state index is -0.912. The molecule has 0 aliphatic carbocycles. The van der Waals surface area contributed by atoms with E-state index in [9.17, 15) is 5.11 Å². The summed E-state index contributed by atoms with van der Waals surface area (Å²) in [6.07, 6.45) is -0.912. The minimum Gasteiger partial charge on any atom is -0.497 e. The van der Waals surface area contributed by atoms with Crippen LogP contribution in [0.1, 0.15) is 17.2 Å². The lowest BCUT2D eigenvalue weighted by Gasteiger charge is -2.15. The van der Waals surface area contributed by atoms with Crippen molar-refractivity contribution in [1.82, 2.24) is 0 Å². The van der Waals surface area contributed by atoms with E-state index >= 15 is 0 Å². The summed E-state index contributed by atoms with van der Waals surface area (Å²) in [7, 11) is 3.11. The van der Waals surface area contributed by atoms with E-state index in [2.05, 4.69) is 0 Å². The second-order valence-electron chi connectivity index (χ2n) is 4.21. The molecule has 106 valence electrons. The third-order valence-corrected chi connectivity index (χ3v) is 3.52. The standard InChI is InChI=1S/C15H14Cl2O3/c1-19-11-5-9(6-12(8-11)20-2)15(18)13-7-10(16)3-4-14(13)17/h3-8,15,18H,1-2H3. The highest BCUT2D eigenvalue weighted by Gasteiger charge is 2.16. The minimum absolute atomic E-state index is 0.448. The van der Waals surface area contributed by atoms with Crippen LogP contribution in [0.5, 0.6) is 11.5 Å². The molecule has 0 aliphatic rings. The number of methoxy groups -OCH3 is 2. The van der Waals surface area contributed by atoms with E-state index in [-0.39, 0.29) is 0 Å². The van der Waals surface area contributed by atoms with Crippen LogP contribution in [0.15, 0.2) is 36.4 Å². The van der Waals surface area contributed by atoms with Crippen LogP contribution in [0.25, 0.3) is 0 Å². The van der Waals surface area contributed by atoms with Gasteiger partial charge >= 0.3 is 0 Å². The summed E-state index contributed by atoms with van der Waals surface area (Å²) < 4.78 is 10.4. The monoisotopic (exact) mass is 312 g/mol. The molecule has 20 heavy (non-hydrogen) atoms. The quantitative estimate of drug-likeness (QED) is 0.924. The number of hydrogen-bond donors (Lipinski definition) is 1. The summed E-state index contributed by atoms with van der Waals surface area (Å²) in [5.41, 5.74) is 1.15. The maximum Gasteiger partial charge on any atom is 0.122 e. The molecule has 0 heterocycles. The van der Waals surface area contributed by atoms with Crippen molar-refractivity contribution in [1.29, 1.82) is 0 Å². The van der Waals surface area contributed by atoms with Gasteiger partial charge in [-0.15, -0.1) is 0 Å². The largest absolute Gasteiger partial charge is 0.497 e. The van der Waals surface area contributed by atoms with Gasteiger partial charge < -0.3 is 14.6 Å². The third kappa shape index (κ3) is 3.18.